The lowest BCUT2D eigenvalue weighted by atomic mass is 10.1. The van der Waals surface area contributed by atoms with Crippen LogP contribution in [0.1, 0.15) is 36.5 Å². The van der Waals surface area contributed by atoms with Crippen molar-refractivity contribution in [2.24, 2.45) is 4.99 Å². The predicted molar refractivity (Wildman–Crippen MR) is 108 cm³/mol. The number of benzene rings is 1. The molecule has 1 fully saturated rings. The lowest BCUT2D eigenvalue weighted by Gasteiger charge is -2.32. The lowest BCUT2D eigenvalue weighted by molar-refractivity contribution is 0.225. The van der Waals surface area contributed by atoms with Crippen molar-refractivity contribution in [3.05, 3.63) is 47.5 Å². The molecule has 1 aliphatic heterocycles. The van der Waals surface area contributed by atoms with Gasteiger partial charge in [0.15, 0.2) is 5.96 Å². The highest BCUT2D eigenvalue weighted by Gasteiger charge is 2.18. The number of rotatable bonds is 7. The minimum absolute atomic E-state index is 0.514. The highest BCUT2D eigenvalue weighted by atomic mass is 15.2. The Hall–Kier alpha value is -1.81. The van der Waals surface area contributed by atoms with E-state index in [9.17, 15) is 0 Å². The fourth-order valence-electron chi connectivity index (χ4n) is 3.47. The second kappa shape index (κ2) is 10.2. The molecule has 0 aromatic heterocycles. The molecule has 1 saturated heterocycles. The fourth-order valence-corrected chi connectivity index (χ4v) is 3.47. The van der Waals surface area contributed by atoms with Crippen LogP contribution in [0.3, 0.4) is 0 Å². The van der Waals surface area contributed by atoms with Crippen molar-refractivity contribution in [1.29, 1.82) is 0 Å². The minimum Gasteiger partial charge on any atom is -0.357 e. The molecule has 138 valence electrons. The van der Waals surface area contributed by atoms with E-state index in [1.165, 1.54) is 16.7 Å². The summed E-state index contributed by atoms with van der Waals surface area (Å²) in [5.74, 6) is 0.953. The van der Waals surface area contributed by atoms with Crippen molar-refractivity contribution < 1.29 is 0 Å². The van der Waals surface area contributed by atoms with Crippen molar-refractivity contribution in [1.82, 2.24) is 15.5 Å². The van der Waals surface area contributed by atoms with Gasteiger partial charge < -0.3 is 10.6 Å². The molecule has 0 spiro atoms. The van der Waals surface area contributed by atoms with Gasteiger partial charge in [-0.25, -0.2) is 0 Å². The Balaban J connectivity index is 1.84. The van der Waals surface area contributed by atoms with Gasteiger partial charge >= 0.3 is 0 Å². The summed E-state index contributed by atoms with van der Waals surface area (Å²) < 4.78 is 0. The second-order valence-electron chi connectivity index (χ2n) is 7.01. The summed E-state index contributed by atoms with van der Waals surface area (Å²) >= 11 is 0. The quantitative estimate of drug-likeness (QED) is 0.454. The topological polar surface area (TPSA) is 39.7 Å². The van der Waals surface area contributed by atoms with E-state index in [4.69, 9.17) is 4.99 Å². The summed E-state index contributed by atoms with van der Waals surface area (Å²) in [6, 6.07) is 7.26. The third kappa shape index (κ3) is 6.91. The van der Waals surface area contributed by atoms with Crippen molar-refractivity contribution in [2.45, 2.75) is 46.1 Å². The molecule has 0 unspecified atom stereocenters. The monoisotopic (exact) mass is 342 g/mol. The standard InChI is InChI=1S/C21H34N4/c1-5-11-25-12-8-20(9-13-25)24-21(22-6-2)23-10-7-19-15-17(3)14-18(4)16-19/h5,14-16,20H,1,6-13H2,2-4H3,(H2,22,23,24). The van der Waals surface area contributed by atoms with Crippen LogP contribution in [0.25, 0.3) is 0 Å². The zero-order valence-electron chi connectivity index (χ0n) is 16.1. The molecular formula is C21H34N4. The summed E-state index contributed by atoms with van der Waals surface area (Å²) in [6.07, 6.45) is 5.30. The van der Waals surface area contributed by atoms with Gasteiger partial charge in [-0.1, -0.05) is 35.4 Å². The molecule has 1 aromatic rings. The first-order valence-corrected chi connectivity index (χ1v) is 9.56. The summed E-state index contributed by atoms with van der Waals surface area (Å²) in [5.41, 5.74) is 4.03. The van der Waals surface area contributed by atoms with Gasteiger partial charge in [-0.2, -0.15) is 0 Å². The number of hydrogen-bond donors (Lipinski definition) is 2. The molecule has 4 nitrogen and oxygen atoms in total. The number of nitrogens with zero attached hydrogens (tertiary/aromatic N) is 2. The summed E-state index contributed by atoms with van der Waals surface area (Å²) in [4.78, 5) is 7.24. The Morgan fingerprint density at radius 3 is 2.52 bits per heavy atom. The van der Waals surface area contributed by atoms with Gasteiger partial charge in [0, 0.05) is 38.8 Å². The Morgan fingerprint density at radius 2 is 1.92 bits per heavy atom. The number of hydrogen-bond acceptors (Lipinski definition) is 2. The smallest absolute Gasteiger partial charge is 0.191 e. The molecule has 0 radical (unpaired) electrons. The Morgan fingerprint density at radius 1 is 1.24 bits per heavy atom. The van der Waals surface area contributed by atoms with E-state index in [0.29, 0.717) is 6.04 Å². The molecule has 4 heteroatoms. The molecule has 0 saturated carbocycles. The summed E-state index contributed by atoms with van der Waals surface area (Å²) in [7, 11) is 0. The Bertz CT molecular complexity index is 551. The van der Waals surface area contributed by atoms with E-state index < -0.39 is 0 Å². The number of aryl methyl sites for hydroxylation is 2. The van der Waals surface area contributed by atoms with Gasteiger partial charge in [-0.15, -0.1) is 6.58 Å². The second-order valence-corrected chi connectivity index (χ2v) is 7.01. The molecule has 0 atom stereocenters. The maximum Gasteiger partial charge on any atom is 0.191 e. The number of likely N-dealkylation sites (tertiary alicyclic amines) is 1. The summed E-state index contributed by atoms with van der Waals surface area (Å²) in [6.45, 7) is 15.2. The van der Waals surface area contributed by atoms with Gasteiger partial charge in [0.2, 0.25) is 0 Å². The third-order valence-corrected chi connectivity index (χ3v) is 4.61. The third-order valence-electron chi connectivity index (χ3n) is 4.61. The number of guanidine groups is 1. The SMILES string of the molecule is C=CCN1CCC(NC(=NCCc2cc(C)cc(C)c2)NCC)CC1. The highest BCUT2D eigenvalue weighted by molar-refractivity contribution is 5.80. The predicted octanol–water partition coefficient (Wildman–Crippen LogP) is 3.05. The first-order valence-electron chi connectivity index (χ1n) is 9.56. The van der Waals surface area contributed by atoms with E-state index in [1.54, 1.807) is 0 Å². The molecule has 0 amide bonds. The molecule has 1 heterocycles. The van der Waals surface area contributed by atoms with Gasteiger partial charge in [-0.05, 0) is 45.6 Å². The molecule has 25 heavy (non-hydrogen) atoms. The molecule has 0 aliphatic carbocycles. The van der Waals surface area contributed by atoms with Crippen LogP contribution < -0.4 is 10.6 Å². The van der Waals surface area contributed by atoms with Crippen LogP contribution in [-0.2, 0) is 6.42 Å². The van der Waals surface area contributed by atoms with E-state index in [-0.39, 0.29) is 0 Å². The highest BCUT2D eigenvalue weighted by Crippen LogP contribution is 2.11. The van der Waals surface area contributed by atoms with Crippen LogP contribution in [0, 0.1) is 13.8 Å². The molecular weight excluding hydrogens is 308 g/mol. The van der Waals surface area contributed by atoms with Crippen LogP contribution in [0.15, 0.2) is 35.8 Å². The van der Waals surface area contributed by atoms with Crippen LogP contribution in [-0.4, -0.2) is 49.6 Å². The van der Waals surface area contributed by atoms with Crippen LogP contribution in [0.4, 0.5) is 0 Å². The average molecular weight is 343 g/mol. The van der Waals surface area contributed by atoms with Crippen molar-refractivity contribution in [2.75, 3.05) is 32.7 Å². The van der Waals surface area contributed by atoms with Crippen LogP contribution in [0.5, 0.6) is 0 Å². The first-order chi connectivity index (χ1) is 12.1. The lowest BCUT2D eigenvalue weighted by Crippen LogP contribution is -2.48. The van der Waals surface area contributed by atoms with Gasteiger partial charge in [0.25, 0.3) is 0 Å². The number of nitrogens with one attached hydrogen (secondary N) is 2. The van der Waals surface area contributed by atoms with Crippen LogP contribution >= 0.6 is 0 Å². The van der Waals surface area contributed by atoms with Crippen LogP contribution in [0.2, 0.25) is 0 Å². The first kappa shape index (κ1) is 19.5. The largest absolute Gasteiger partial charge is 0.357 e. The minimum atomic E-state index is 0.514. The number of aliphatic imine (C=N–C) groups is 1. The van der Waals surface area contributed by atoms with Crippen molar-refractivity contribution in [3.8, 4) is 0 Å². The zero-order valence-corrected chi connectivity index (χ0v) is 16.1. The number of piperidine rings is 1. The normalized spacial score (nSPS) is 16.7. The van der Waals surface area contributed by atoms with Crippen molar-refractivity contribution in [3.63, 3.8) is 0 Å². The molecule has 1 aliphatic rings. The molecule has 2 rings (SSSR count). The summed E-state index contributed by atoms with van der Waals surface area (Å²) in [5, 5.41) is 7.00. The average Bonchev–Trinajstić information content (AvgIpc) is 2.56. The maximum absolute atomic E-state index is 4.78. The van der Waals surface area contributed by atoms with Gasteiger partial charge in [-0.3, -0.25) is 9.89 Å². The van der Waals surface area contributed by atoms with E-state index in [1.807, 2.05) is 6.08 Å². The zero-order chi connectivity index (χ0) is 18.1. The van der Waals surface area contributed by atoms with E-state index in [2.05, 4.69) is 61.1 Å². The molecule has 0 bridgehead atoms. The van der Waals surface area contributed by atoms with E-state index in [0.717, 1.165) is 57.9 Å². The van der Waals surface area contributed by atoms with Gasteiger partial charge in [0.05, 0.1) is 0 Å². The van der Waals surface area contributed by atoms with Gasteiger partial charge in [0.1, 0.15) is 0 Å². The fraction of sp³-hybridized carbons (Fsp3) is 0.571. The Labute approximate surface area is 153 Å². The van der Waals surface area contributed by atoms with E-state index >= 15 is 0 Å². The van der Waals surface area contributed by atoms with Crippen molar-refractivity contribution >= 4 is 5.96 Å². The molecule has 2 N–H and O–H groups in total. The Kier molecular flexibility index (Phi) is 7.99. The maximum atomic E-state index is 4.78. The molecule has 1 aromatic carbocycles.